The maximum absolute atomic E-state index is 12.7. The van der Waals surface area contributed by atoms with Gasteiger partial charge in [-0.2, -0.15) is 0 Å². The predicted molar refractivity (Wildman–Crippen MR) is 106 cm³/mol. The number of hydrogen-bond donors (Lipinski definition) is 3. The minimum atomic E-state index is -1.38. The molecule has 144 valence electrons. The van der Waals surface area contributed by atoms with Crippen LogP contribution in [0.25, 0.3) is 0 Å². The highest BCUT2D eigenvalue weighted by Gasteiger charge is 2.42. The normalized spacial score (nSPS) is 22.7. The molecule has 1 fully saturated rings. The third-order valence-electron chi connectivity index (χ3n) is 5.02. The molecule has 27 heavy (non-hydrogen) atoms. The summed E-state index contributed by atoms with van der Waals surface area (Å²) in [5.74, 6) is -0.171. The van der Waals surface area contributed by atoms with Crippen LogP contribution in [-0.4, -0.2) is 52.4 Å². The molecule has 1 aliphatic rings. The van der Waals surface area contributed by atoms with E-state index in [0.29, 0.717) is 30.1 Å². The van der Waals surface area contributed by atoms with E-state index in [1.165, 1.54) is 5.56 Å². The van der Waals surface area contributed by atoms with Gasteiger partial charge in [-0.3, -0.25) is 4.79 Å². The van der Waals surface area contributed by atoms with Crippen LogP contribution in [0, 0.1) is 6.92 Å². The van der Waals surface area contributed by atoms with E-state index in [9.17, 15) is 15.0 Å². The van der Waals surface area contributed by atoms with Crippen LogP contribution in [0.1, 0.15) is 27.9 Å². The third kappa shape index (κ3) is 4.87. The fourth-order valence-electron chi connectivity index (χ4n) is 3.31. The van der Waals surface area contributed by atoms with Crippen molar-refractivity contribution in [1.29, 1.82) is 0 Å². The van der Waals surface area contributed by atoms with E-state index in [0.717, 1.165) is 5.56 Å². The Balaban J connectivity index is 1.61. The summed E-state index contributed by atoms with van der Waals surface area (Å²) in [6.07, 6.45) is -0.542. The van der Waals surface area contributed by atoms with E-state index in [-0.39, 0.29) is 19.0 Å². The zero-order valence-corrected chi connectivity index (χ0v) is 16.1. The molecule has 0 radical (unpaired) electrons. The molecular formula is C21H25ClN2O3. The molecule has 0 bridgehead atoms. The molecule has 0 unspecified atom stereocenters. The molecule has 0 saturated carbocycles. The van der Waals surface area contributed by atoms with Crippen LogP contribution in [0.2, 0.25) is 5.02 Å². The Labute approximate surface area is 164 Å². The van der Waals surface area contributed by atoms with Gasteiger partial charge < -0.3 is 20.4 Å². The maximum atomic E-state index is 12.7. The summed E-state index contributed by atoms with van der Waals surface area (Å²) >= 11 is 5.88. The number of rotatable bonds is 5. The Morgan fingerprint density at radius 2 is 1.89 bits per heavy atom. The molecule has 2 aromatic carbocycles. The molecule has 1 saturated heterocycles. The first-order chi connectivity index (χ1) is 12.9. The number of β-amino-alcohol motifs (C(OH)–C–C–N with tert-alkyl or cyclic N) is 1. The van der Waals surface area contributed by atoms with Gasteiger partial charge in [0.2, 0.25) is 0 Å². The summed E-state index contributed by atoms with van der Waals surface area (Å²) in [7, 11) is 0. The second kappa shape index (κ2) is 8.40. The van der Waals surface area contributed by atoms with E-state index in [1.54, 1.807) is 29.2 Å². The summed E-state index contributed by atoms with van der Waals surface area (Å²) < 4.78 is 0. The highest BCUT2D eigenvalue weighted by molar-refractivity contribution is 6.30. The van der Waals surface area contributed by atoms with Crippen molar-refractivity contribution in [2.45, 2.75) is 31.6 Å². The van der Waals surface area contributed by atoms with E-state index in [4.69, 9.17) is 11.6 Å². The Morgan fingerprint density at radius 3 is 2.56 bits per heavy atom. The molecule has 0 spiro atoms. The van der Waals surface area contributed by atoms with Crippen molar-refractivity contribution in [3.63, 3.8) is 0 Å². The van der Waals surface area contributed by atoms with Gasteiger partial charge in [-0.1, -0.05) is 41.4 Å². The molecule has 3 N–H and O–H groups in total. The Bertz CT molecular complexity index is 779. The molecule has 0 aromatic heterocycles. The molecule has 0 aliphatic carbocycles. The predicted octanol–water partition coefficient (Wildman–Crippen LogP) is 2.38. The first-order valence-corrected chi connectivity index (χ1v) is 9.47. The van der Waals surface area contributed by atoms with Crippen LogP contribution in [0.4, 0.5) is 0 Å². The topological polar surface area (TPSA) is 72.8 Å². The first-order valence-electron chi connectivity index (χ1n) is 9.09. The fraction of sp³-hybridized carbons (Fsp3) is 0.381. The van der Waals surface area contributed by atoms with Crippen molar-refractivity contribution in [3.05, 3.63) is 70.2 Å². The van der Waals surface area contributed by atoms with Gasteiger partial charge in [0.1, 0.15) is 5.60 Å². The number of benzene rings is 2. The standard InChI is InChI=1S/C21H25ClN2O3/c1-15-2-4-16(5-3-15)12-23-13-21(27)14-24(11-10-19(21)25)20(26)17-6-8-18(22)9-7-17/h2-9,19,23,25,27H,10-14H2,1H3/t19-,21+/m0/s1. The summed E-state index contributed by atoms with van der Waals surface area (Å²) in [6.45, 7) is 3.30. The van der Waals surface area contributed by atoms with Gasteiger partial charge in [-0.25, -0.2) is 0 Å². The van der Waals surface area contributed by atoms with E-state index in [2.05, 4.69) is 5.32 Å². The zero-order valence-electron chi connectivity index (χ0n) is 15.4. The van der Waals surface area contributed by atoms with Gasteiger partial charge in [0, 0.05) is 30.2 Å². The van der Waals surface area contributed by atoms with Crippen LogP contribution in [-0.2, 0) is 6.54 Å². The lowest BCUT2D eigenvalue weighted by Gasteiger charge is -2.42. The van der Waals surface area contributed by atoms with Crippen molar-refractivity contribution in [1.82, 2.24) is 10.2 Å². The maximum Gasteiger partial charge on any atom is 0.253 e. The minimum Gasteiger partial charge on any atom is -0.390 e. The monoisotopic (exact) mass is 388 g/mol. The lowest BCUT2D eigenvalue weighted by Crippen LogP contribution is -2.62. The molecule has 5 nitrogen and oxygen atoms in total. The van der Waals surface area contributed by atoms with Crippen molar-refractivity contribution in [2.24, 2.45) is 0 Å². The Kier molecular flexibility index (Phi) is 6.17. The van der Waals surface area contributed by atoms with Gasteiger partial charge in [0.25, 0.3) is 5.91 Å². The molecule has 3 rings (SSSR count). The van der Waals surface area contributed by atoms with E-state index < -0.39 is 11.7 Å². The summed E-state index contributed by atoms with van der Waals surface area (Å²) in [6, 6.07) is 14.8. The molecule has 1 heterocycles. The van der Waals surface area contributed by atoms with E-state index >= 15 is 0 Å². The van der Waals surface area contributed by atoms with Gasteiger partial charge >= 0.3 is 0 Å². The summed E-state index contributed by atoms with van der Waals surface area (Å²) in [4.78, 5) is 14.3. The van der Waals surface area contributed by atoms with Crippen LogP contribution < -0.4 is 5.32 Å². The number of nitrogens with zero attached hydrogens (tertiary/aromatic N) is 1. The molecule has 6 heteroatoms. The van der Waals surface area contributed by atoms with Gasteiger partial charge in [-0.15, -0.1) is 0 Å². The number of carbonyl (C=O) groups is 1. The first kappa shape index (κ1) is 19.8. The van der Waals surface area contributed by atoms with Crippen molar-refractivity contribution < 1.29 is 15.0 Å². The average Bonchev–Trinajstić information content (AvgIpc) is 2.66. The second-order valence-electron chi connectivity index (χ2n) is 7.23. The highest BCUT2D eigenvalue weighted by Crippen LogP contribution is 2.23. The highest BCUT2D eigenvalue weighted by atomic mass is 35.5. The van der Waals surface area contributed by atoms with Gasteiger partial charge in [0.15, 0.2) is 0 Å². The second-order valence-corrected chi connectivity index (χ2v) is 7.67. The minimum absolute atomic E-state index is 0.0799. The number of aryl methyl sites for hydroxylation is 1. The largest absolute Gasteiger partial charge is 0.390 e. The number of carbonyl (C=O) groups excluding carboxylic acids is 1. The molecule has 2 aromatic rings. The number of nitrogens with one attached hydrogen (secondary N) is 1. The third-order valence-corrected chi connectivity index (χ3v) is 5.27. The number of likely N-dealkylation sites (tertiary alicyclic amines) is 1. The van der Waals surface area contributed by atoms with Crippen LogP contribution in [0.5, 0.6) is 0 Å². The Morgan fingerprint density at radius 1 is 1.22 bits per heavy atom. The lowest BCUT2D eigenvalue weighted by atomic mass is 9.89. The molecule has 1 aliphatic heterocycles. The fourth-order valence-corrected chi connectivity index (χ4v) is 3.44. The van der Waals surface area contributed by atoms with Crippen LogP contribution in [0.3, 0.4) is 0 Å². The molecule has 1 amide bonds. The van der Waals surface area contributed by atoms with Crippen LogP contribution >= 0.6 is 11.6 Å². The average molecular weight is 389 g/mol. The number of aliphatic hydroxyl groups is 2. The lowest BCUT2D eigenvalue weighted by molar-refractivity contribution is -0.111. The number of aliphatic hydroxyl groups excluding tert-OH is 1. The van der Waals surface area contributed by atoms with E-state index in [1.807, 2.05) is 31.2 Å². The zero-order chi connectivity index (χ0) is 19.4. The van der Waals surface area contributed by atoms with Crippen LogP contribution in [0.15, 0.2) is 48.5 Å². The number of amides is 1. The van der Waals surface area contributed by atoms with Gasteiger partial charge in [-0.05, 0) is 43.2 Å². The number of hydrogen-bond acceptors (Lipinski definition) is 4. The molecule has 2 atom stereocenters. The smallest absolute Gasteiger partial charge is 0.253 e. The molecular weight excluding hydrogens is 364 g/mol. The van der Waals surface area contributed by atoms with Crippen molar-refractivity contribution >= 4 is 17.5 Å². The van der Waals surface area contributed by atoms with Gasteiger partial charge in [0.05, 0.1) is 12.6 Å². The Hall–Kier alpha value is -1.92. The van der Waals surface area contributed by atoms with Crippen molar-refractivity contribution in [3.8, 4) is 0 Å². The summed E-state index contributed by atoms with van der Waals surface area (Å²) in [5, 5.41) is 25.0. The summed E-state index contributed by atoms with van der Waals surface area (Å²) in [5.41, 5.74) is 1.43. The SMILES string of the molecule is Cc1ccc(CNC[C@@]2(O)CN(C(=O)c3ccc(Cl)cc3)CC[C@@H]2O)cc1. The number of piperidine rings is 1. The van der Waals surface area contributed by atoms with Crippen molar-refractivity contribution in [2.75, 3.05) is 19.6 Å². The quantitative estimate of drug-likeness (QED) is 0.735. The number of halogens is 1.